The number of fused-ring (bicyclic) bond motifs is 1. The fourth-order valence-corrected chi connectivity index (χ4v) is 6.30. The van der Waals surface area contributed by atoms with Crippen LogP contribution in [0.2, 0.25) is 0 Å². The van der Waals surface area contributed by atoms with Gasteiger partial charge in [-0.2, -0.15) is 0 Å². The summed E-state index contributed by atoms with van der Waals surface area (Å²) in [5, 5.41) is 13.9. The zero-order valence-electron chi connectivity index (χ0n) is 18.0. The van der Waals surface area contributed by atoms with Gasteiger partial charge in [-0.05, 0) is 60.8 Å². The molecule has 2 aliphatic carbocycles. The van der Waals surface area contributed by atoms with Crippen LogP contribution >= 0.6 is 15.9 Å². The summed E-state index contributed by atoms with van der Waals surface area (Å²) in [5.74, 6) is 0.182. The van der Waals surface area contributed by atoms with Crippen LogP contribution in [0.15, 0.2) is 21.0 Å². The van der Waals surface area contributed by atoms with Crippen molar-refractivity contribution in [2.75, 3.05) is 5.32 Å². The van der Waals surface area contributed by atoms with Crippen LogP contribution in [-0.4, -0.2) is 38.9 Å². The SMILES string of the molecule is O=C1CCC(N2Cc3c(Br)cc(CNc4nnc(C5CC6(CCC6)C5)o4)cc3C2=O)C(=O)N1. The van der Waals surface area contributed by atoms with Crippen molar-refractivity contribution in [3.8, 4) is 0 Å². The molecule has 2 aliphatic heterocycles. The largest absolute Gasteiger partial charge is 0.408 e. The lowest BCUT2D eigenvalue weighted by atomic mass is 9.52. The summed E-state index contributed by atoms with van der Waals surface area (Å²) in [6.07, 6.45) is 6.88. The van der Waals surface area contributed by atoms with E-state index in [4.69, 9.17) is 4.42 Å². The van der Waals surface area contributed by atoms with Crippen LogP contribution < -0.4 is 10.6 Å². The van der Waals surface area contributed by atoms with E-state index in [1.165, 1.54) is 19.3 Å². The molecule has 1 spiro atoms. The van der Waals surface area contributed by atoms with Crippen LogP contribution in [-0.2, 0) is 22.7 Å². The molecule has 1 atom stereocenters. The second kappa shape index (κ2) is 7.65. The first-order valence-electron chi connectivity index (χ1n) is 11.4. The van der Waals surface area contributed by atoms with E-state index in [9.17, 15) is 14.4 Å². The van der Waals surface area contributed by atoms with Crippen LogP contribution in [0.5, 0.6) is 0 Å². The van der Waals surface area contributed by atoms with Crippen molar-refractivity contribution < 1.29 is 18.8 Å². The lowest BCUT2D eigenvalue weighted by Crippen LogP contribution is -2.52. The van der Waals surface area contributed by atoms with Gasteiger partial charge in [-0.15, -0.1) is 5.10 Å². The number of rotatable bonds is 5. The smallest absolute Gasteiger partial charge is 0.315 e. The topological polar surface area (TPSA) is 117 Å². The van der Waals surface area contributed by atoms with Crippen molar-refractivity contribution in [3.63, 3.8) is 0 Å². The van der Waals surface area contributed by atoms with Crippen molar-refractivity contribution in [2.24, 2.45) is 5.41 Å². The number of hydrogen-bond acceptors (Lipinski definition) is 7. The Kier molecular flexibility index (Phi) is 4.83. The maximum atomic E-state index is 13.1. The fraction of sp³-hybridized carbons (Fsp3) is 0.522. The van der Waals surface area contributed by atoms with Crippen LogP contribution in [0, 0.1) is 5.41 Å². The molecule has 1 unspecified atom stereocenters. The number of imide groups is 1. The number of hydrogen-bond donors (Lipinski definition) is 2. The Morgan fingerprint density at radius 1 is 1.21 bits per heavy atom. The monoisotopic (exact) mass is 513 g/mol. The molecule has 3 heterocycles. The van der Waals surface area contributed by atoms with Gasteiger partial charge in [0.05, 0.1) is 0 Å². The summed E-state index contributed by atoms with van der Waals surface area (Å²) >= 11 is 3.58. The molecule has 2 aromatic rings. The Balaban J connectivity index is 1.12. The van der Waals surface area contributed by atoms with Gasteiger partial charge in [0.1, 0.15) is 6.04 Å². The minimum atomic E-state index is -0.626. The highest BCUT2D eigenvalue weighted by atomic mass is 79.9. The molecule has 9 nitrogen and oxygen atoms in total. The van der Waals surface area contributed by atoms with E-state index in [2.05, 4.69) is 36.8 Å². The van der Waals surface area contributed by atoms with E-state index in [-0.39, 0.29) is 18.2 Å². The quantitative estimate of drug-likeness (QED) is 0.589. The predicted molar refractivity (Wildman–Crippen MR) is 120 cm³/mol. The third-order valence-electron chi connectivity index (χ3n) is 7.67. The Morgan fingerprint density at radius 2 is 2.03 bits per heavy atom. The van der Waals surface area contributed by atoms with Crippen molar-refractivity contribution in [2.45, 2.75) is 70.0 Å². The van der Waals surface area contributed by atoms with E-state index in [1.54, 1.807) is 4.90 Å². The van der Waals surface area contributed by atoms with Crippen molar-refractivity contribution in [1.82, 2.24) is 20.4 Å². The van der Waals surface area contributed by atoms with Gasteiger partial charge >= 0.3 is 6.01 Å². The van der Waals surface area contributed by atoms with Gasteiger partial charge in [0.25, 0.3) is 5.91 Å². The number of nitrogens with one attached hydrogen (secondary N) is 2. The van der Waals surface area contributed by atoms with Gasteiger partial charge in [0.15, 0.2) is 0 Å². The zero-order chi connectivity index (χ0) is 22.7. The number of nitrogens with zero attached hydrogens (tertiary/aromatic N) is 3. The number of halogens is 1. The number of amides is 3. The molecule has 2 saturated carbocycles. The predicted octanol–water partition coefficient (Wildman–Crippen LogP) is 3.25. The first kappa shape index (κ1) is 20.8. The maximum Gasteiger partial charge on any atom is 0.315 e. The van der Waals surface area contributed by atoms with Gasteiger partial charge in [-0.25, -0.2) is 0 Å². The molecule has 1 saturated heterocycles. The Hall–Kier alpha value is -2.75. The molecule has 10 heteroatoms. The Morgan fingerprint density at radius 3 is 2.76 bits per heavy atom. The molecule has 1 aromatic carbocycles. The number of aromatic nitrogens is 2. The molecule has 6 rings (SSSR count). The van der Waals surface area contributed by atoms with Gasteiger partial charge in [-0.3, -0.25) is 19.7 Å². The number of anilines is 1. The number of piperidine rings is 1. The number of benzene rings is 1. The van der Waals surface area contributed by atoms with Gasteiger partial charge < -0.3 is 14.6 Å². The highest BCUT2D eigenvalue weighted by Gasteiger charge is 2.50. The summed E-state index contributed by atoms with van der Waals surface area (Å²) in [6, 6.07) is 3.55. The first-order chi connectivity index (χ1) is 15.9. The standard InChI is InChI=1S/C23H24BrN5O4/c24-16-7-12(10-25-22-28-27-20(33-22)13-8-23(9-13)4-1-5-23)6-14-15(16)11-29(21(14)32)17-2-3-18(30)26-19(17)31/h6-7,13,17H,1-5,8-11H2,(H,25,28)(H,26,30,31). The molecule has 172 valence electrons. The molecule has 3 amide bonds. The maximum absolute atomic E-state index is 13.1. The van der Waals surface area contributed by atoms with E-state index >= 15 is 0 Å². The fourth-order valence-electron chi connectivity index (χ4n) is 5.67. The van der Waals surface area contributed by atoms with E-state index in [0.29, 0.717) is 48.3 Å². The average molecular weight is 514 g/mol. The summed E-state index contributed by atoms with van der Waals surface area (Å²) < 4.78 is 6.65. The van der Waals surface area contributed by atoms with E-state index < -0.39 is 11.9 Å². The zero-order valence-corrected chi connectivity index (χ0v) is 19.6. The lowest BCUT2D eigenvalue weighted by molar-refractivity contribution is -0.136. The molecule has 4 aliphatic rings. The van der Waals surface area contributed by atoms with E-state index in [1.807, 2.05) is 12.1 Å². The van der Waals surface area contributed by atoms with Crippen LogP contribution in [0.4, 0.5) is 6.01 Å². The minimum Gasteiger partial charge on any atom is -0.408 e. The molecule has 3 fully saturated rings. The van der Waals surface area contributed by atoms with Crippen molar-refractivity contribution in [3.05, 3.63) is 39.2 Å². The second-order valence-corrected chi connectivity index (χ2v) is 10.6. The summed E-state index contributed by atoms with van der Waals surface area (Å²) in [6.45, 7) is 0.762. The third kappa shape index (κ3) is 3.55. The van der Waals surface area contributed by atoms with Gasteiger partial charge in [0, 0.05) is 35.5 Å². The van der Waals surface area contributed by atoms with Gasteiger partial charge in [0.2, 0.25) is 17.7 Å². The molecule has 2 N–H and O–H groups in total. The lowest BCUT2D eigenvalue weighted by Gasteiger charge is -2.53. The Bertz CT molecular complexity index is 1170. The second-order valence-electron chi connectivity index (χ2n) is 9.76. The molecular weight excluding hydrogens is 490 g/mol. The summed E-state index contributed by atoms with van der Waals surface area (Å²) in [7, 11) is 0. The highest BCUT2D eigenvalue weighted by Crippen LogP contribution is 2.61. The summed E-state index contributed by atoms with van der Waals surface area (Å²) in [5.41, 5.74) is 2.86. The van der Waals surface area contributed by atoms with Gasteiger partial charge in [-0.1, -0.05) is 27.4 Å². The Labute approximate surface area is 198 Å². The van der Waals surface area contributed by atoms with E-state index in [0.717, 1.165) is 28.4 Å². The average Bonchev–Trinajstić information content (AvgIpc) is 3.30. The number of carbonyl (C=O) groups excluding carboxylic acids is 3. The normalized spacial score (nSPS) is 23.8. The third-order valence-corrected chi connectivity index (χ3v) is 8.38. The molecule has 0 bridgehead atoms. The molecule has 0 radical (unpaired) electrons. The number of carbonyl (C=O) groups is 3. The van der Waals surface area contributed by atoms with Crippen LogP contribution in [0.25, 0.3) is 0 Å². The van der Waals surface area contributed by atoms with Crippen LogP contribution in [0.1, 0.15) is 78.2 Å². The minimum absolute atomic E-state index is 0.197. The summed E-state index contributed by atoms with van der Waals surface area (Å²) in [4.78, 5) is 38.3. The molecular formula is C23H24BrN5O4. The van der Waals surface area contributed by atoms with Crippen LogP contribution in [0.3, 0.4) is 0 Å². The molecule has 1 aromatic heterocycles. The first-order valence-corrected chi connectivity index (χ1v) is 12.2. The van der Waals surface area contributed by atoms with Crippen molar-refractivity contribution >= 4 is 39.7 Å². The molecule has 33 heavy (non-hydrogen) atoms. The van der Waals surface area contributed by atoms with Crippen molar-refractivity contribution in [1.29, 1.82) is 0 Å². The highest BCUT2D eigenvalue weighted by molar-refractivity contribution is 9.10.